The SMILES string of the molecule is Cc1c2c([nH]c(=O)c1C#N)OC1(Oc3ccc(N)cc3N=N2)Oc2ccc([N+](=O)[O-])cc2N=Nc2c(C)c(C#N)c(=O)n(C)c2O1. The Hall–Kier alpha value is -7.08. The molecule has 2 aromatic carbocycles. The standard InChI is InChI=1S/C28H18N10O8/c1-12-16(10-29)24(39)32-25-22(12)35-33-18-8-14(31)4-6-20(18)43-28(45-25)44-21-7-5-15(38(41)42)9-19(21)34-36-23-13(2)17(11-30)26(40)37(3)27(23)46-28/h4-9H,31H2,1-3H3,(H,32,39). The van der Waals surface area contributed by atoms with Crippen LogP contribution in [0.15, 0.2) is 66.4 Å². The molecule has 1 spiro atoms. The highest BCUT2D eigenvalue weighted by Crippen LogP contribution is 2.46. The Labute approximate surface area is 256 Å². The fourth-order valence-electron chi connectivity index (χ4n) is 4.57. The maximum atomic E-state index is 13.2. The number of hydrogen-bond donors (Lipinski definition) is 2. The first-order chi connectivity index (χ1) is 21.9. The van der Waals surface area contributed by atoms with Gasteiger partial charge in [0.2, 0.25) is 11.8 Å². The van der Waals surface area contributed by atoms with Crippen molar-refractivity contribution in [2.24, 2.45) is 27.5 Å². The number of nitrogens with two attached hydrogens (primary N) is 1. The van der Waals surface area contributed by atoms with E-state index in [1.165, 1.54) is 45.2 Å². The fourth-order valence-corrected chi connectivity index (χ4v) is 4.57. The number of rotatable bonds is 1. The molecule has 1 atom stereocenters. The molecule has 0 saturated carbocycles. The summed E-state index contributed by atoms with van der Waals surface area (Å²) in [6.07, 6.45) is -2.86. The van der Waals surface area contributed by atoms with Crippen molar-refractivity contribution in [3.63, 3.8) is 0 Å². The van der Waals surface area contributed by atoms with E-state index in [4.69, 9.17) is 24.7 Å². The number of fused-ring (bicyclic) bond motifs is 4. The van der Waals surface area contributed by atoms with E-state index in [0.717, 1.165) is 16.7 Å². The molecule has 46 heavy (non-hydrogen) atoms. The van der Waals surface area contributed by atoms with Crippen LogP contribution in [-0.2, 0) is 7.05 Å². The van der Waals surface area contributed by atoms with Gasteiger partial charge in [-0.25, -0.2) is 0 Å². The number of nitrogen functional groups attached to an aromatic ring is 1. The Balaban J connectivity index is 1.72. The molecule has 1 unspecified atom stereocenters. The molecule has 18 heteroatoms. The number of azo groups is 2. The van der Waals surface area contributed by atoms with Crippen molar-refractivity contribution in [3.8, 4) is 35.4 Å². The van der Waals surface area contributed by atoms with Gasteiger partial charge in [0.15, 0.2) is 22.9 Å². The number of nitro benzene ring substituents is 1. The van der Waals surface area contributed by atoms with Crippen molar-refractivity contribution in [1.29, 1.82) is 10.5 Å². The fraction of sp³-hybridized carbons (Fsp3) is 0.143. The van der Waals surface area contributed by atoms with Crippen molar-refractivity contribution in [2.45, 2.75) is 20.0 Å². The number of ether oxygens (including phenoxy) is 4. The van der Waals surface area contributed by atoms with E-state index in [1.54, 1.807) is 6.07 Å². The Bertz CT molecular complexity index is 2280. The number of nitrogens with one attached hydrogen (secondary N) is 1. The van der Waals surface area contributed by atoms with Crippen molar-refractivity contribution in [3.05, 3.63) is 89.5 Å². The smallest absolute Gasteiger partial charge is 0.399 e. The highest BCUT2D eigenvalue weighted by atomic mass is 17.0. The van der Waals surface area contributed by atoms with Gasteiger partial charge in [-0.2, -0.15) is 10.5 Å². The summed E-state index contributed by atoms with van der Waals surface area (Å²) in [5.41, 5.74) is 3.26. The quantitative estimate of drug-likeness (QED) is 0.168. The number of hydrogen-bond acceptors (Lipinski definition) is 15. The summed E-state index contributed by atoms with van der Waals surface area (Å²) in [4.78, 5) is 39.5. The average Bonchev–Trinajstić information content (AvgIpc) is 3.11. The molecule has 4 aromatic rings. The molecule has 2 aliphatic heterocycles. The van der Waals surface area contributed by atoms with Gasteiger partial charge in [0.25, 0.3) is 16.8 Å². The van der Waals surface area contributed by atoms with Crippen LogP contribution in [0.2, 0.25) is 0 Å². The third kappa shape index (κ3) is 4.68. The Kier molecular flexibility index (Phi) is 6.67. The second kappa shape index (κ2) is 10.6. The van der Waals surface area contributed by atoms with Gasteiger partial charge in [0.1, 0.15) is 34.6 Å². The maximum absolute atomic E-state index is 13.2. The van der Waals surface area contributed by atoms with Crippen LogP contribution in [0, 0.1) is 46.6 Å². The summed E-state index contributed by atoms with van der Waals surface area (Å²) < 4.78 is 25.7. The number of aromatic amines is 1. The summed E-state index contributed by atoms with van der Waals surface area (Å²) in [6.45, 7) is 2.85. The van der Waals surface area contributed by atoms with E-state index in [1.807, 2.05) is 6.07 Å². The number of aromatic nitrogens is 2. The lowest BCUT2D eigenvalue weighted by Gasteiger charge is -2.32. The lowest BCUT2D eigenvalue weighted by molar-refractivity contribution is -0.385. The number of benzene rings is 2. The molecule has 0 aliphatic carbocycles. The van der Waals surface area contributed by atoms with Crippen molar-refractivity contribution in [1.82, 2.24) is 9.55 Å². The molecule has 2 aromatic heterocycles. The van der Waals surface area contributed by atoms with E-state index in [9.17, 15) is 30.2 Å². The number of nitrogens with zero attached hydrogens (tertiary/aromatic N) is 8. The molecular weight excluding hydrogens is 604 g/mol. The van der Waals surface area contributed by atoms with Crippen molar-refractivity contribution < 1.29 is 23.9 Å². The zero-order valence-electron chi connectivity index (χ0n) is 23.9. The van der Waals surface area contributed by atoms with Gasteiger partial charge in [-0.15, -0.1) is 20.5 Å². The molecule has 3 N–H and O–H groups in total. The van der Waals surface area contributed by atoms with E-state index < -0.39 is 28.1 Å². The van der Waals surface area contributed by atoms with Crippen LogP contribution >= 0.6 is 0 Å². The van der Waals surface area contributed by atoms with Gasteiger partial charge < -0.3 is 24.7 Å². The molecule has 4 heterocycles. The van der Waals surface area contributed by atoms with Crippen LogP contribution in [0.4, 0.5) is 34.1 Å². The Morgan fingerprint density at radius 1 is 0.891 bits per heavy atom. The minimum absolute atomic E-state index is 0.0235. The largest absolute Gasteiger partial charge is 0.613 e. The van der Waals surface area contributed by atoms with Crippen LogP contribution in [-0.4, -0.2) is 20.6 Å². The summed E-state index contributed by atoms with van der Waals surface area (Å²) in [6, 6.07) is 11.2. The van der Waals surface area contributed by atoms with Gasteiger partial charge in [0.05, 0.1) is 4.92 Å². The van der Waals surface area contributed by atoms with Crippen LogP contribution in [0.3, 0.4) is 0 Å². The molecule has 0 radical (unpaired) electrons. The highest BCUT2D eigenvalue weighted by Gasteiger charge is 2.49. The number of nitro groups is 1. The molecular formula is C28H18N10O8. The first kappa shape index (κ1) is 29.0. The average molecular weight is 623 g/mol. The highest BCUT2D eigenvalue weighted by molar-refractivity contribution is 5.65. The normalized spacial score (nSPS) is 15.8. The molecule has 228 valence electrons. The molecule has 0 fully saturated rings. The minimum Gasteiger partial charge on any atom is -0.399 e. The van der Waals surface area contributed by atoms with Gasteiger partial charge in [-0.3, -0.25) is 29.3 Å². The third-order valence-electron chi connectivity index (χ3n) is 6.95. The molecule has 2 aliphatic rings. The molecule has 0 amide bonds. The topological polar surface area (TPSA) is 258 Å². The lowest BCUT2D eigenvalue weighted by Crippen LogP contribution is -2.54. The predicted octanol–water partition coefficient (Wildman–Crippen LogP) is 4.61. The van der Waals surface area contributed by atoms with Crippen LogP contribution < -0.4 is 35.8 Å². The minimum atomic E-state index is -2.86. The van der Waals surface area contributed by atoms with Gasteiger partial charge >= 0.3 is 6.16 Å². The van der Waals surface area contributed by atoms with Gasteiger partial charge in [-0.05, 0) is 38.1 Å². The number of H-pyrrole nitrogens is 1. The summed E-state index contributed by atoms with van der Waals surface area (Å²) in [5.74, 6) is -1.16. The zero-order valence-corrected chi connectivity index (χ0v) is 23.9. The van der Waals surface area contributed by atoms with E-state index in [0.29, 0.717) is 0 Å². The molecule has 6 rings (SSSR count). The third-order valence-corrected chi connectivity index (χ3v) is 6.95. The number of non-ortho nitro benzene ring substituents is 1. The van der Waals surface area contributed by atoms with Gasteiger partial charge in [-0.1, -0.05) is 0 Å². The van der Waals surface area contributed by atoms with Crippen LogP contribution in [0.5, 0.6) is 23.3 Å². The molecule has 0 saturated heterocycles. The summed E-state index contributed by atoms with van der Waals surface area (Å²) in [7, 11) is 1.27. The monoisotopic (exact) mass is 622 g/mol. The molecule has 18 nitrogen and oxygen atoms in total. The summed E-state index contributed by atoms with van der Waals surface area (Å²) >= 11 is 0. The second-order valence-corrected chi connectivity index (χ2v) is 9.82. The first-order valence-corrected chi connectivity index (χ1v) is 13.0. The first-order valence-electron chi connectivity index (χ1n) is 13.0. The van der Waals surface area contributed by atoms with Crippen LogP contribution in [0.25, 0.3) is 0 Å². The maximum Gasteiger partial charge on any atom is 0.613 e. The van der Waals surface area contributed by atoms with E-state index in [-0.39, 0.29) is 73.8 Å². The summed E-state index contributed by atoms with van der Waals surface area (Å²) in [5, 5.41) is 47.7. The molecule has 0 bridgehead atoms. The van der Waals surface area contributed by atoms with Crippen LogP contribution in [0.1, 0.15) is 22.3 Å². The zero-order chi connectivity index (χ0) is 32.9. The predicted molar refractivity (Wildman–Crippen MR) is 155 cm³/mol. The Morgan fingerprint density at radius 3 is 2.15 bits per heavy atom. The number of anilines is 1. The second-order valence-electron chi connectivity index (χ2n) is 9.82. The van der Waals surface area contributed by atoms with E-state index >= 15 is 0 Å². The van der Waals surface area contributed by atoms with E-state index in [2.05, 4.69) is 25.4 Å². The van der Waals surface area contributed by atoms with Crippen molar-refractivity contribution >= 4 is 34.1 Å². The lowest BCUT2D eigenvalue weighted by atomic mass is 10.1. The number of pyridine rings is 2. The Morgan fingerprint density at radius 2 is 1.50 bits per heavy atom. The number of nitriles is 2. The van der Waals surface area contributed by atoms with Gasteiger partial charge in [0, 0.05) is 36.0 Å². The van der Waals surface area contributed by atoms with Crippen molar-refractivity contribution in [2.75, 3.05) is 5.73 Å².